The van der Waals surface area contributed by atoms with E-state index in [4.69, 9.17) is 5.26 Å². The van der Waals surface area contributed by atoms with Gasteiger partial charge in [0.05, 0.1) is 6.07 Å². The van der Waals surface area contributed by atoms with Gasteiger partial charge in [0.15, 0.2) is 0 Å². The van der Waals surface area contributed by atoms with Crippen LogP contribution in [-0.4, -0.2) is 37.1 Å². The zero-order chi connectivity index (χ0) is 12.7. The van der Waals surface area contributed by atoms with Crippen LogP contribution in [0.2, 0.25) is 0 Å². The van der Waals surface area contributed by atoms with Crippen molar-refractivity contribution in [2.75, 3.05) is 26.2 Å². The van der Waals surface area contributed by atoms with E-state index in [1.54, 1.807) is 6.07 Å². The minimum atomic E-state index is 0.719. The zero-order valence-electron chi connectivity index (χ0n) is 11.6. The van der Waals surface area contributed by atoms with E-state index in [9.17, 15) is 0 Å². The van der Waals surface area contributed by atoms with Crippen LogP contribution in [0.1, 0.15) is 46.5 Å². The summed E-state index contributed by atoms with van der Waals surface area (Å²) in [5, 5.41) is 10.8. The van der Waals surface area contributed by atoms with Gasteiger partial charge in [0.1, 0.15) is 0 Å². The van der Waals surface area contributed by atoms with Gasteiger partial charge < -0.3 is 10.2 Å². The maximum atomic E-state index is 7.32. The molecule has 2 heterocycles. The third kappa shape index (κ3) is 4.29. The molecule has 0 radical (unpaired) electrons. The second-order valence-electron chi connectivity index (χ2n) is 5.60. The highest BCUT2D eigenvalue weighted by Crippen LogP contribution is 2.39. The molecular formula is C14H27N3. The second-order valence-corrected chi connectivity index (χ2v) is 5.60. The highest BCUT2D eigenvalue weighted by molar-refractivity contribution is 4.90. The first kappa shape index (κ1) is 14.5. The summed E-state index contributed by atoms with van der Waals surface area (Å²) >= 11 is 0. The van der Waals surface area contributed by atoms with Crippen LogP contribution in [0.5, 0.6) is 0 Å². The van der Waals surface area contributed by atoms with Crippen molar-refractivity contribution in [1.82, 2.24) is 10.2 Å². The van der Waals surface area contributed by atoms with Crippen molar-refractivity contribution in [3.05, 3.63) is 0 Å². The molecule has 0 saturated carbocycles. The van der Waals surface area contributed by atoms with Gasteiger partial charge in [-0.25, -0.2) is 0 Å². The molecular weight excluding hydrogens is 210 g/mol. The molecule has 1 spiro atoms. The number of piperidine rings is 2. The maximum Gasteiger partial charge on any atom is 0.0587 e. The van der Waals surface area contributed by atoms with Crippen molar-refractivity contribution >= 4 is 0 Å². The minimum Gasteiger partial charge on any atom is -0.317 e. The van der Waals surface area contributed by atoms with Crippen molar-refractivity contribution in [2.24, 2.45) is 5.41 Å². The van der Waals surface area contributed by atoms with Crippen molar-refractivity contribution in [2.45, 2.75) is 52.5 Å². The van der Waals surface area contributed by atoms with E-state index >= 15 is 0 Å². The Labute approximate surface area is 106 Å². The molecule has 2 aliphatic heterocycles. The van der Waals surface area contributed by atoms with E-state index in [0.717, 1.165) is 11.5 Å². The molecule has 0 aliphatic carbocycles. The van der Waals surface area contributed by atoms with Crippen LogP contribution in [0, 0.1) is 16.7 Å². The summed E-state index contributed by atoms with van der Waals surface area (Å²) in [6.07, 6.45) is 5.71. The molecule has 0 aromatic carbocycles. The summed E-state index contributed by atoms with van der Waals surface area (Å²) in [6, 6.07) is 2.49. The van der Waals surface area contributed by atoms with Crippen LogP contribution in [0.15, 0.2) is 0 Å². The summed E-state index contributed by atoms with van der Waals surface area (Å²) in [6.45, 7) is 11.2. The average Bonchev–Trinajstić information content (AvgIpc) is 2.31. The van der Waals surface area contributed by atoms with Crippen LogP contribution in [0.4, 0.5) is 0 Å². The maximum absolute atomic E-state index is 7.32. The fourth-order valence-corrected chi connectivity index (χ4v) is 2.97. The average molecular weight is 237 g/mol. The molecule has 2 aliphatic rings. The number of hydrogen-bond acceptors (Lipinski definition) is 3. The van der Waals surface area contributed by atoms with Crippen molar-refractivity contribution in [3.63, 3.8) is 0 Å². The smallest absolute Gasteiger partial charge is 0.0587 e. The van der Waals surface area contributed by atoms with Crippen LogP contribution in [0.3, 0.4) is 0 Å². The molecule has 0 bridgehead atoms. The van der Waals surface area contributed by atoms with E-state index in [2.05, 4.69) is 24.1 Å². The third-order valence-corrected chi connectivity index (χ3v) is 4.25. The predicted octanol–water partition coefficient (Wildman–Crippen LogP) is 2.39. The lowest BCUT2D eigenvalue weighted by atomic mass is 9.71. The Hall–Kier alpha value is -0.590. The number of hydrogen-bond donors (Lipinski definition) is 1. The minimum absolute atomic E-state index is 0.719. The summed E-state index contributed by atoms with van der Waals surface area (Å²) < 4.78 is 0. The van der Waals surface area contributed by atoms with Gasteiger partial charge in [-0.2, -0.15) is 5.26 Å². The Morgan fingerprint density at radius 1 is 1.12 bits per heavy atom. The molecule has 0 aromatic heterocycles. The molecule has 0 amide bonds. The van der Waals surface area contributed by atoms with E-state index in [0.29, 0.717) is 0 Å². The lowest BCUT2D eigenvalue weighted by Crippen LogP contribution is -2.47. The molecule has 0 unspecified atom stereocenters. The molecule has 98 valence electrons. The normalized spacial score (nSPS) is 23.9. The fourth-order valence-electron chi connectivity index (χ4n) is 2.97. The summed E-state index contributed by atoms with van der Waals surface area (Å²) in [4.78, 5) is 2.63. The molecule has 0 aromatic rings. The largest absolute Gasteiger partial charge is 0.317 e. The molecule has 2 saturated heterocycles. The van der Waals surface area contributed by atoms with Gasteiger partial charge in [0.25, 0.3) is 0 Å². The molecule has 1 N–H and O–H groups in total. The van der Waals surface area contributed by atoms with Gasteiger partial charge in [-0.3, -0.25) is 0 Å². The van der Waals surface area contributed by atoms with Gasteiger partial charge in [-0.15, -0.1) is 0 Å². The van der Waals surface area contributed by atoms with Gasteiger partial charge in [0.2, 0.25) is 0 Å². The van der Waals surface area contributed by atoms with Gasteiger partial charge in [-0.1, -0.05) is 0 Å². The lowest BCUT2D eigenvalue weighted by Gasteiger charge is -2.45. The number of likely N-dealkylation sites (tertiary alicyclic amines) is 1. The topological polar surface area (TPSA) is 39.1 Å². The van der Waals surface area contributed by atoms with Gasteiger partial charge in [0, 0.05) is 13.0 Å². The summed E-state index contributed by atoms with van der Waals surface area (Å²) in [7, 11) is 0. The monoisotopic (exact) mass is 237 g/mol. The van der Waals surface area contributed by atoms with Crippen LogP contribution >= 0.6 is 0 Å². The summed E-state index contributed by atoms with van der Waals surface area (Å²) in [5.41, 5.74) is 0.719. The van der Waals surface area contributed by atoms with Crippen LogP contribution in [-0.2, 0) is 0 Å². The molecule has 17 heavy (non-hydrogen) atoms. The second kappa shape index (κ2) is 6.98. The first-order valence-corrected chi connectivity index (χ1v) is 6.89. The van der Waals surface area contributed by atoms with Crippen LogP contribution in [0.25, 0.3) is 0 Å². The van der Waals surface area contributed by atoms with Crippen molar-refractivity contribution in [3.8, 4) is 6.07 Å². The highest BCUT2D eigenvalue weighted by Gasteiger charge is 2.35. The van der Waals surface area contributed by atoms with Crippen molar-refractivity contribution in [1.29, 1.82) is 5.26 Å². The standard InChI is InChI=1S/C12H24N2.C2H3N/c1-11(2)14-9-5-12(6-10-14)3-7-13-8-4-12;1-2-3/h11,13H,3-10H2,1-2H3;1H3. The Balaban J connectivity index is 0.000000437. The molecule has 2 rings (SSSR count). The quantitative estimate of drug-likeness (QED) is 0.761. The van der Waals surface area contributed by atoms with E-state index in [-0.39, 0.29) is 0 Å². The Kier molecular flexibility index (Phi) is 5.94. The molecule has 2 fully saturated rings. The summed E-state index contributed by atoms with van der Waals surface area (Å²) in [5.74, 6) is 0. The first-order chi connectivity index (χ1) is 8.13. The Bertz CT molecular complexity index is 239. The number of nitrogens with zero attached hydrogens (tertiary/aromatic N) is 2. The van der Waals surface area contributed by atoms with Crippen LogP contribution < -0.4 is 5.32 Å². The van der Waals surface area contributed by atoms with Gasteiger partial charge >= 0.3 is 0 Å². The van der Waals surface area contributed by atoms with E-state index < -0.39 is 0 Å². The Morgan fingerprint density at radius 3 is 2.00 bits per heavy atom. The first-order valence-electron chi connectivity index (χ1n) is 6.89. The van der Waals surface area contributed by atoms with E-state index in [1.807, 2.05) is 0 Å². The van der Waals surface area contributed by atoms with Crippen molar-refractivity contribution < 1.29 is 0 Å². The molecule has 3 heteroatoms. The number of nitrogens with one attached hydrogen (secondary N) is 1. The zero-order valence-corrected chi connectivity index (χ0v) is 11.6. The predicted molar refractivity (Wildman–Crippen MR) is 71.8 cm³/mol. The third-order valence-electron chi connectivity index (χ3n) is 4.25. The fraction of sp³-hybridized carbons (Fsp3) is 0.929. The lowest BCUT2D eigenvalue weighted by molar-refractivity contribution is 0.0582. The van der Waals surface area contributed by atoms with E-state index in [1.165, 1.54) is 58.8 Å². The molecule has 0 atom stereocenters. The number of nitriles is 1. The highest BCUT2D eigenvalue weighted by atomic mass is 15.2. The Morgan fingerprint density at radius 2 is 1.59 bits per heavy atom. The number of rotatable bonds is 1. The molecule has 3 nitrogen and oxygen atoms in total. The SMILES string of the molecule is CC#N.CC(C)N1CCC2(CCNCC2)CC1. The van der Waals surface area contributed by atoms with Gasteiger partial charge in [-0.05, 0) is 71.1 Å².